The minimum absolute atomic E-state index is 0.188. The molecule has 0 aliphatic carbocycles. The molecule has 462 valence electrons. The van der Waals surface area contributed by atoms with E-state index in [0.29, 0.717) is 6.42 Å². The van der Waals surface area contributed by atoms with E-state index in [1.54, 1.807) is 6.08 Å². The summed E-state index contributed by atoms with van der Waals surface area (Å²) in [5, 5.41) is 54.6. The summed E-state index contributed by atoms with van der Waals surface area (Å²) in [6.45, 7) is 3.78. The zero-order valence-electron chi connectivity index (χ0n) is 51.6. The summed E-state index contributed by atoms with van der Waals surface area (Å²) < 4.78 is 11.3. The van der Waals surface area contributed by atoms with Gasteiger partial charge in [0.15, 0.2) is 6.29 Å². The maximum absolute atomic E-state index is 13.1. The molecule has 1 aliphatic heterocycles. The predicted octanol–water partition coefficient (Wildman–Crippen LogP) is 18.2. The lowest BCUT2D eigenvalue weighted by atomic mass is 9.99. The zero-order valence-corrected chi connectivity index (χ0v) is 51.6. The van der Waals surface area contributed by atoms with Gasteiger partial charge in [0.1, 0.15) is 24.4 Å². The Labute approximate surface area is 487 Å². The fourth-order valence-electron chi connectivity index (χ4n) is 10.7. The Balaban J connectivity index is 2.08. The average molecular weight is 1110 g/mol. The van der Waals surface area contributed by atoms with E-state index in [1.165, 1.54) is 244 Å². The molecule has 7 atom stereocenters. The first-order valence-corrected chi connectivity index (χ1v) is 34.0. The number of rotatable bonds is 59. The lowest BCUT2D eigenvalue weighted by molar-refractivity contribution is -0.302. The summed E-state index contributed by atoms with van der Waals surface area (Å²) in [5.41, 5.74) is 0. The molecule has 7 unspecified atom stereocenters. The number of aliphatic hydroxyl groups is 5. The number of carbonyl (C=O) groups is 1. The first kappa shape index (κ1) is 74.9. The molecule has 1 fully saturated rings. The highest BCUT2D eigenvalue weighted by atomic mass is 16.7. The highest BCUT2D eigenvalue weighted by molar-refractivity contribution is 5.76. The van der Waals surface area contributed by atoms with Gasteiger partial charge in [0.05, 0.1) is 25.4 Å². The van der Waals surface area contributed by atoms with Crippen molar-refractivity contribution in [3.05, 3.63) is 60.8 Å². The molecule has 1 heterocycles. The Bertz CT molecular complexity index is 1430. The first-order chi connectivity index (χ1) is 38.8. The number of aliphatic hydroxyl groups excluding tert-OH is 5. The van der Waals surface area contributed by atoms with Crippen molar-refractivity contribution in [2.75, 3.05) is 13.2 Å². The molecule has 1 amide bonds. The van der Waals surface area contributed by atoms with Gasteiger partial charge in [-0.3, -0.25) is 4.79 Å². The number of ether oxygens (including phenoxy) is 2. The molecular weight excluding hydrogens is 983 g/mol. The van der Waals surface area contributed by atoms with E-state index in [0.717, 1.165) is 57.8 Å². The SMILES string of the molecule is CCCCCCCCC/C=C/CC/C=C/CC/C=C/C(O)C(COC1OC(CO)C(O)C(O)C1O)NC(=O)CCCCCCCCCCCCCCCCCCC/C=C\C/C=C\CCCCCCCCCCCCCCCCC. The van der Waals surface area contributed by atoms with Gasteiger partial charge in [-0.2, -0.15) is 0 Å². The van der Waals surface area contributed by atoms with Crippen LogP contribution in [0.4, 0.5) is 0 Å². The quantitative estimate of drug-likeness (QED) is 0.0261. The van der Waals surface area contributed by atoms with Crippen LogP contribution in [0.15, 0.2) is 60.8 Å². The topological polar surface area (TPSA) is 149 Å². The van der Waals surface area contributed by atoms with E-state index in [2.05, 4.69) is 67.8 Å². The lowest BCUT2D eigenvalue weighted by Crippen LogP contribution is -2.60. The van der Waals surface area contributed by atoms with Crippen molar-refractivity contribution in [2.45, 2.75) is 365 Å². The number of allylic oxidation sites excluding steroid dienone is 9. The van der Waals surface area contributed by atoms with Crippen molar-refractivity contribution in [1.29, 1.82) is 0 Å². The van der Waals surface area contributed by atoms with Gasteiger partial charge in [0.2, 0.25) is 5.91 Å². The molecule has 0 aromatic rings. The van der Waals surface area contributed by atoms with E-state index in [1.807, 2.05) is 6.08 Å². The van der Waals surface area contributed by atoms with Crippen LogP contribution in [0, 0.1) is 0 Å². The molecule has 0 spiro atoms. The Morgan fingerprint density at radius 1 is 0.430 bits per heavy atom. The Morgan fingerprint density at radius 2 is 0.759 bits per heavy atom. The van der Waals surface area contributed by atoms with E-state index >= 15 is 0 Å². The smallest absolute Gasteiger partial charge is 0.220 e. The maximum Gasteiger partial charge on any atom is 0.220 e. The highest BCUT2D eigenvalue weighted by Crippen LogP contribution is 2.23. The van der Waals surface area contributed by atoms with Crippen LogP contribution in [0.3, 0.4) is 0 Å². The number of carbonyl (C=O) groups excluding carboxylic acids is 1. The summed E-state index contributed by atoms with van der Waals surface area (Å²) in [7, 11) is 0. The van der Waals surface area contributed by atoms with Gasteiger partial charge in [-0.05, 0) is 77.0 Å². The van der Waals surface area contributed by atoms with E-state index < -0.39 is 49.5 Å². The molecule has 1 aliphatic rings. The maximum atomic E-state index is 13.1. The zero-order chi connectivity index (χ0) is 57.2. The van der Waals surface area contributed by atoms with Crippen molar-refractivity contribution in [1.82, 2.24) is 5.32 Å². The molecule has 9 heteroatoms. The monoisotopic (exact) mass is 1110 g/mol. The second kappa shape index (κ2) is 59.1. The van der Waals surface area contributed by atoms with Gasteiger partial charge in [-0.1, -0.05) is 299 Å². The van der Waals surface area contributed by atoms with Gasteiger partial charge in [-0.25, -0.2) is 0 Å². The molecule has 0 aromatic carbocycles. The molecule has 0 radical (unpaired) electrons. The molecule has 0 aromatic heterocycles. The van der Waals surface area contributed by atoms with Crippen LogP contribution in [0.2, 0.25) is 0 Å². The first-order valence-electron chi connectivity index (χ1n) is 34.0. The number of nitrogens with one attached hydrogen (secondary N) is 1. The van der Waals surface area contributed by atoms with Gasteiger partial charge in [-0.15, -0.1) is 0 Å². The Hall–Kier alpha value is -2.11. The second-order valence-electron chi connectivity index (χ2n) is 23.6. The fraction of sp³-hybridized carbons (Fsp3) is 0.843. The third-order valence-corrected chi connectivity index (χ3v) is 16.0. The van der Waals surface area contributed by atoms with E-state index in [4.69, 9.17) is 9.47 Å². The molecule has 79 heavy (non-hydrogen) atoms. The summed E-state index contributed by atoms with van der Waals surface area (Å²) >= 11 is 0. The number of amides is 1. The minimum Gasteiger partial charge on any atom is -0.394 e. The third-order valence-electron chi connectivity index (χ3n) is 16.0. The van der Waals surface area contributed by atoms with Gasteiger partial charge >= 0.3 is 0 Å². The van der Waals surface area contributed by atoms with Gasteiger partial charge in [0.25, 0.3) is 0 Å². The third kappa shape index (κ3) is 48.0. The van der Waals surface area contributed by atoms with Crippen molar-refractivity contribution in [3.8, 4) is 0 Å². The van der Waals surface area contributed by atoms with Crippen molar-refractivity contribution in [2.24, 2.45) is 0 Å². The van der Waals surface area contributed by atoms with Crippen molar-refractivity contribution in [3.63, 3.8) is 0 Å². The lowest BCUT2D eigenvalue weighted by Gasteiger charge is -2.40. The van der Waals surface area contributed by atoms with Crippen LogP contribution < -0.4 is 5.32 Å². The van der Waals surface area contributed by atoms with E-state index in [9.17, 15) is 30.3 Å². The molecule has 1 saturated heterocycles. The normalized spacial score (nSPS) is 18.9. The summed E-state index contributed by atoms with van der Waals surface area (Å²) in [4.78, 5) is 13.1. The highest BCUT2D eigenvalue weighted by Gasteiger charge is 2.44. The minimum atomic E-state index is -1.58. The number of unbranched alkanes of at least 4 members (excludes halogenated alkanes) is 41. The van der Waals surface area contributed by atoms with Crippen LogP contribution in [-0.2, 0) is 14.3 Å². The summed E-state index contributed by atoms with van der Waals surface area (Å²) in [6.07, 6.45) is 74.8. The molecule has 1 rings (SSSR count). The van der Waals surface area contributed by atoms with Crippen molar-refractivity contribution < 1.29 is 39.8 Å². The van der Waals surface area contributed by atoms with Gasteiger partial charge < -0.3 is 40.3 Å². The molecule has 6 N–H and O–H groups in total. The average Bonchev–Trinajstić information content (AvgIpc) is 3.47. The van der Waals surface area contributed by atoms with Crippen LogP contribution >= 0.6 is 0 Å². The predicted molar refractivity (Wildman–Crippen MR) is 336 cm³/mol. The number of hydrogen-bond acceptors (Lipinski definition) is 8. The van der Waals surface area contributed by atoms with Crippen LogP contribution in [0.25, 0.3) is 0 Å². The van der Waals surface area contributed by atoms with E-state index in [-0.39, 0.29) is 12.5 Å². The van der Waals surface area contributed by atoms with Crippen molar-refractivity contribution >= 4 is 5.91 Å². The van der Waals surface area contributed by atoms with Crippen LogP contribution in [-0.4, -0.2) is 87.5 Å². The molecule has 0 bridgehead atoms. The number of hydrogen-bond donors (Lipinski definition) is 6. The molecule has 0 saturated carbocycles. The Morgan fingerprint density at radius 3 is 1.14 bits per heavy atom. The van der Waals surface area contributed by atoms with Gasteiger partial charge in [0, 0.05) is 6.42 Å². The second-order valence-corrected chi connectivity index (χ2v) is 23.6. The largest absolute Gasteiger partial charge is 0.394 e. The Kier molecular flexibility index (Phi) is 56.0. The van der Waals surface area contributed by atoms with Crippen LogP contribution in [0.5, 0.6) is 0 Å². The molecule has 9 nitrogen and oxygen atoms in total. The standard InChI is InChI=1S/C70H129NO8/c1-3-5-7-9-11-13-15-17-19-21-22-23-24-25-26-27-28-29-30-31-32-33-34-35-36-37-38-39-40-41-42-44-46-48-50-52-54-56-58-60-66(74)71-63(62-78-70-69(77)68(76)67(75)65(61-72)79-70)64(73)59-57-55-53-51-49-47-45-43-20-18-16-14-12-10-8-6-4-2/h20,28-29,31-32,43,49,51,57,59,63-65,67-70,72-73,75-77H,3-19,21-27,30,33-42,44-48,50,52-56,58,60-62H2,1-2H3,(H,71,74)/b29-28-,32-31-,43-20+,51-49+,59-57+. The summed E-state index contributed by atoms with van der Waals surface area (Å²) in [6, 6.07) is -0.830. The van der Waals surface area contributed by atoms with Crippen LogP contribution in [0.1, 0.15) is 322 Å². The molecular formula is C70H129NO8. The fourth-order valence-corrected chi connectivity index (χ4v) is 10.7. The summed E-state index contributed by atoms with van der Waals surface area (Å²) in [5.74, 6) is -0.188.